The Hall–Kier alpha value is -2.28. The van der Waals surface area contributed by atoms with Gasteiger partial charge in [0.05, 0.1) is 15.7 Å². The van der Waals surface area contributed by atoms with Gasteiger partial charge in [-0.05, 0) is 49.7 Å². The van der Waals surface area contributed by atoms with Crippen molar-refractivity contribution in [3.63, 3.8) is 0 Å². The molecule has 28 heavy (non-hydrogen) atoms. The summed E-state index contributed by atoms with van der Waals surface area (Å²) in [6.45, 7) is 2.92. The summed E-state index contributed by atoms with van der Waals surface area (Å²) in [5, 5.41) is 3.66. The van der Waals surface area contributed by atoms with E-state index in [0.29, 0.717) is 15.7 Å². The molecule has 0 radical (unpaired) electrons. The fourth-order valence-electron chi connectivity index (χ4n) is 2.90. The molecule has 1 N–H and O–H groups in total. The Morgan fingerprint density at radius 2 is 1.71 bits per heavy atom. The molecule has 1 aliphatic heterocycles. The van der Waals surface area contributed by atoms with Crippen LogP contribution < -0.4 is 10.2 Å². The second-order valence-corrected chi connectivity index (χ2v) is 7.55. The maximum atomic E-state index is 12.8. The maximum absolute atomic E-state index is 12.8. The summed E-state index contributed by atoms with van der Waals surface area (Å²) < 4.78 is 0. The fraction of sp³-hybridized carbons (Fsp3) is 0.211. The van der Waals surface area contributed by atoms with Crippen LogP contribution in [0.5, 0.6) is 0 Å². The van der Waals surface area contributed by atoms with Crippen LogP contribution in [0.2, 0.25) is 15.1 Å². The zero-order valence-electron chi connectivity index (χ0n) is 15.0. The predicted octanol–water partition coefficient (Wildman–Crippen LogP) is 4.75. The number of amides is 4. The van der Waals surface area contributed by atoms with Gasteiger partial charge in [0.15, 0.2) is 0 Å². The minimum absolute atomic E-state index is 0.245. The summed E-state index contributed by atoms with van der Waals surface area (Å²) in [6, 6.07) is 8.52. The molecule has 146 valence electrons. The standard InChI is InChI=1S/C19H16Cl3N3O3/c1-10-3-8-14(21)17(16(10)22)23-15(26)9-24-18(27)11(2)25(19(24)28)13-6-4-12(20)5-7-13/h3-8,11H,9H2,1-2H3,(H,23,26). The van der Waals surface area contributed by atoms with Crippen molar-refractivity contribution in [1.82, 2.24) is 4.90 Å². The summed E-state index contributed by atoms with van der Waals surface area (Å²) >= 11 is 18.2. The highest BCUT2D eigenvalue weighted by Crippen LogP contribution is 2.33. The normalized spacial score (nSPS) is 16.7. The van der Waals surface area contributed by atoms with E-state index in [2.05, 4.69) is 5.32 Å². The van der Waals surface area contributed by atoms with Gasteiger partial charge in [-0.2, -0.15) is 0 Å². The highest BCUT2D eigenvalue weighted by atomic mass is 35.5. The smallest absolute Gasteiger partial charge is 0.322 e. The van der Waals surface area contributed by atoms with E-state index >= 15 is 0 Å². The van der Waals surface area contributed by atoms with Crippen molar-refractivity contribution in [2.24, 2.45) is 0 Å². The summed E-state index contributed by atoms with van der Waals surface area (Å²) in [6.07, 6.45) is 0. The van der Waals surface area contributed by atoms with Gasteiger partial charge >= 0.3 is 6.03 Å². The number of rotatable bonds is 4. The van der Waals surface area contributed by atoms with Gasteiger partial charge in [-0.1, -0.05) is 40.9 Å². The summed E-state index contributed by atoms with van der Waals surface area (Å²) in [5.74, 6) is -1.06. The first-order valence-corrected chi connectivity index (χ1v) is 9.48. The molecule has 9 heteroatoms. The van der Waals surface area contributed by atoms with Crippen LogP contribution in [-0.2, 0) is 9.59 Å². The quantitative estimate of drug-likeness (QED) is 0.697. The Morgan fingerprint density at radius 1 is 1.07 bits per heavy atom. The van der Waals surface area contributed by atoms with Crippen LogP contribution in [0.4, 0.5) is 16.2 Å². The van der Waals surface area contributed by atoms with Gasteiger partial charge in [-0.3, -0.25) is 19.4 Å². The monoisotopic (exact) mass is 439 g/mol. The van der Waals surface area contributed by atoms with Gasteiger partial charge in [0.2, 0.25) is 5.91 Å². The molecule has 0 aromatic heterocycles. The van der Waals surface area contributed by atoms with Gasteiger partial charge < -0.3 is 5.32 Å². The number of halogens is 3. The third-order valence-corrected chi connectivity index (χ3v) is 5.46. The molecule has 0 spiro atoms. The minimum atomic E-state index is -0.743. The van der Waals surface area contributed by atoms with E-state index in [9.17, 15) is 14.4 Å². The molecular formula is C19H16Cl3N3O3. The molecule has 4 amide bonds. The first kappa shape index (κ1) is 20.5. The van der Waals surface area contributed by atoms with E-state index < -0.39 is 30.4 Å². The number of hydrogen-bond donors (Lipinski definition) is 1. The number of urea groups is 1. The molecule has 2 aromatic carbocycles. The summed E-state index contributed by atoms with van der Waals surface area (Å²) in [7, 11) is 0. The fourth-order valence-corrected chi connectivity index (χ4v) is 3.49. The van der Waals surface area contributed by atoms with Crippen LogP contribution in [0.15, 0.2) is 36.4 Å². The van der Waals surface area contributed by atoms with Crippen molar-refractivity contribution in [2.45, 2.75) is 19.9 Å². The number of anilines is 2. The average molecular weight is 441 g/mol. The molecule has 2 aromatic rings. The molecule has 0 aliphatic carbocycles. The molecule has 1 unspecified atom stereocenters. The van der Waals surface area contributed by atoms with Gasteiger partial charge in [-0.25, -0.2) is 4.79 Å². The lowest BCUT2D eigenvalue weighted by molar-refractivity contribution is -0.130. The lowest BCUT2D eigenvalue weighted by Crippen LogP contribution is -2.39. The number of imide groups is 1. The van der Waals surface area contributed by atoms with Crippen molar-refractivity contribution in [2.75, 3.05) is 16.8 Å². The van der Waals surface area contributed by atoms with Crippen molar-refractivity contribution >= 4 is 64.0 Å². The van der Waals surface area contributed by atoms with E-state index in [4.69, 9.17) is 34.8 Å². The first-order valence-electron chi connectivity index (χ1n) is 8.35. The highest BCUT2D eigenvalue weighted by molar-refractivity contribution is 6.40. The number of carbonyl (C=O) groups is 3. The van der Waals surface area contributed by atoms with Crippen LogP contribution in [0.1, 0.15) is 12.5 Å². The van der Waals surface area contributed by atoms with Crippen molar-refractivity contribution in [3.8, 4) is 0 Å². The number of carbonyl (C=O) groups excluding carboxylic acids is 3. The largest absolute Gasteiger partial charge is 0.332 e. The van der Waals surface area contributed by atoms with E-state index in [1.54, 1.807) is 50.2 Å². The second-order valence-electron chi connectivity index (χ2n) is 6.33. The SMILES string of the molecule is Cc1ccc(Cl)c(NC(=O)CN2C(=O)C(C)N(c3ccc(Cl)cc3)C2=O)c1Cl. The minimum Gasteiger partial charge on any atom is -0.322 e. The number of nitrogens with one attached hydrogen (secondary N) is 1. The predicted molar refractivity (Wildman–Crippen MR) is 110 cm³/mol. The van der Waals surface area contributed by atoms with Crippen LogP contribution in [-0.4, -0.2) is 35.3 Å². The van der Waals surface area contributed by atoms with E-state index in [-0.39, 0.29) is 10.7 Å². The Kier molecular flexibility index (Phi) is 5.84. The molecule has 3 rings (SSSR count). The summed E-state index contributed by atoms with van der Waals surface area (Å²) in [5.41, 5.74) is 1.50. The Labute approximate surface area is 177 Å². The lowest BCUT2D eigenvalue weighted by atomic mass is 10.2. The number of hydrogen-bond acceptors (Lipinski definition) is 3. The molecule has 1 fully saturated rings. The number of aryl methyl sites for hydroxylation is 1. The van der Waals surface area contributed by atoms with Gasteiger partial charge in [0, 0.05) is 10.7 Å². The zero-order valence-corrected chi connectivity index (χ0v) is 17.3. The Morgan fingerprint density at radius 3 is 2.36 bits per heavy atom. The van der Waals surface area contributed by atoms with Crippen molar-refractivity contribution < 1.29 is 14.4 Å². The van der Waals surface area contributed by atoms with Crippen LogP contribution in [0.3, 0.4) is 0 Å². The zero-order chi connectivity index (χ0) is 20.6. The van der Waals surface area contributed by atoms with Crippen LogP contribution >= 0.6 is 34.8 Å². The lowest BCUT2D eigenvalue weighted by Gasteiger charge is -2.19. The van der Waals surface area contributed by atoms with Crippen molar-refractivity contribution in [3.05, 3.63) is 57.0 Å². The molecule has 1 aliphatic rings. The van der Waals surface area contributed by atoms with Crippen LogP contribution in [0, 0.1) is 6.92 Å². The third kappa shape index (κ3) is 3.81. The first-order chi connectivity index (χ1) is 13.2. The number of benzene rings is 2. The number of nitrogens with zero attached hydrogens (tertiary/aromatic N) is 2. The van der Waals surface area contributed by atoms with E-state index in [0.717, 1.165) is 10.5 Å². The molecule has 0 saturated carbocycles. The molecule has 1 heterocycles. The average Bonchev–Trinajstić information content (AvgIpc) is 2.86. The van der Waals surface area contributed by atoms with Crippen molar-refractivity contribution in [1.29, 1.82) is 0 Å². The third-order valence-electron chi connectivity index (χ3n) is 4.40. The van der Waals surface area contributed by atoms with Gasteiger partial charge in [-0.15, -0.1) is 0 Å². The van der Waals surface area contributed by atoms with E-state index in [1.165, 1.54) is 4.90 Å². The maximum Gasteiger partial charge on any atom is 0.332 e. The summed E-state index contributed by atoms with van der Waals surface area (Å²) in [4.78, 5) is 40.0. The van der Waals surface area contributed by atoms with Crippen LogP contribution in [0.25, 0.3) is 0 Å². The van der Waals surface area contributed by atoms with E-state index in [1.807, 2.05) is 0 Å². The topological polar surface area (TPSA) is 69.7 Å². The Balaban J connectivity index is 1.78. The second kappa shape index (κ2) is 7.99. The Bertz CT molecular complexity index is 963. The van der Waals surface area contributed by atoms with Gasteiger partial charge in [0.1, 0.15) is 12.6 Å². The molecule has 1 saturated heterocycles. The molecule has 0 bridgehead atoms. The molecular weight excluding hydrogens is 425 g/mol. The molecule has 1 atom stereocenters. The molecule has 6 nitrogen and oxygen atoms in total. The highest BCUT2D eigenvalue weighted by Gasteiger charge is 2.44. The van der Waals surface area contributed by atoms with Gasteiger partial charge in [0.25, 0.3) is 5.91 Å².